The SMILES string of the molecule is CCCNCc1cc(F)c(Sc2ccncn2)c(F)c1. The second kappa shape index (κ2) is 7.31. The summed E-state index contributed by atoms with van der Waals surface area (Å²) in [5.74, 6) is -1.14. The third-order valence-electron chi connectivity index (χ3n) is 2.58. The Morgan fingerprint density at radius 3 is 2.60 bits per heavy atom. The van der Waals surface area contributed by atoms with Crippen LogP contribution in [0.15, 0.2) is 40.6 Å². The highest BCUT2D eigenvalue weighted by Crippen LogP contribution is 2.31. The Labute approximate surface area is 120 Å². The minimum absolute atomic E-state index is 0.0389. The Morgan fingerprint density at radius 2 is 2.00 bits per heavy atom. The second-order valence-corrected chi connectivity index (χ2v) is 5.25. The maximum Gasteiger partial charge on any atom is 0.140 e. The standard InChI is InChI=1S/C14H15F2N3S/c1-2-4-17-8-10-6-11(15)14(12(16)7-10)20-13-3-5-18-9-19-13/h3,5-7,9,17H,2,4,8H2,1H3. The lowest BCUT2D eigenvalue weighted by atomic mass is 10.2. The Hall–Kier alpha value is -1.53. The predicted octanol–water partition coefficient (Wildman–Crippen LogP) is 3.41. The van der Waals surface area contributed by atoms with Crippen LogP contribution in [0.4, 0.5) is 8.78 Å². The fourth-order valence-electron chi connectivity index (χ4n) is 1.66. The highest BCUT2D eigenvalue weighted by atomic mass is 32.2. The summed E-state index contributed by atoms with van der Waals surface area (Å²) in [6, 6.07) is 4.32. The summed E-state index contributed by atoms with van der Waals surface area (Å²) in [5.41, 5.74) is 0.598. The van der Waals surface area contributed by atoms with Crippen molar-refractivity contribution in [3.8, 4) is 0 Å². The van der Waals surface area contributed by atoms with E-state index in [2.05, 4.69) is 15.3 Å². The zero-order valence-electron chi connectivity index (χ0n) is 11.1. The normalized spacial score (nSPS) is 10.8. The van der Waals surface area contributed by atoms with Gasteiger partial charge in [-0.15, -0.1) is 0 Å². The summed E-state index contributed by atoms with van der Waals surface area (Å²) in [4.78, 5) is 7.67. The van der Waals surface area contributed by atoms with Gasteiger partial charge in [-0.2, -0.15) is 0 Å². The first-order chi connectivity index (χ1) is 9.70. The van der Waals surface area contributed by atoms with E-state index in [1.807, 2.05) is 6.92 Å². The van der Waals surface area contributed by atoms with Gasteiger partial charge < -0.3 is 5.32 Å². The molecule has 2 rings (SSSR count). The number of nitrogens with one attached hydrogen (secondary N) is 1. The highest BCUT2D eigenvalue weighted by molar-refractivity contribution is 7.99. The first kappa shape index (κ1) is 14.9. The summed E-state index contributed by atoms with van der Waals surface area (Å²) in [5, 5.41) is 3.62. The molecule has 20 heavy (non-hydrogen) atoms. The van der Waals surface area contributed by atoms with Crippen molar-refractivity contribution in [1.29, 1.82) is 0 Å². The molecule has 1 heterocycles. The Kier molecular flexibility index (Phi) is 5.43. The van der Waals surface area contributed by atoms with Crippen LogP contribution in [0, 0.1) is 11.6 Å². The smallest absolute Gasteiger partial charge is 0.140 e. The number of benzene rings is 1. The van der Waals surface area contributed by atoms with Gasteiger partial charge in [0.25, 0.3) is 0 Å². The Bertz CT molecular complexity index is 541. The first-order valence-electron chi connectivity index (χ1n) is 6.33. The van der Waals surface area contributed by atoms with Crippen molar-refractivity contribution in [2.45, 2.75) is 29.8 Å². The van der Waals surface area contributed by atoms with E-state index in [9.17, 15) is 8.78 Å². The molecule has 0 spiro atoms. The van der Waals surface area contributed by atoms with E-state index in [0.717, 1.165) is 24.7 Å². The van der Waals surface area contributed by atoms with Crippen LogP contribution in [-0.4, -0.2) is 16.5 Å². The molecule has 0 fully saturated rings. The van der Waals surface area contributed by atoms with E-state index in [-0.39, 0.29) is 4.90 Å². The molecule has 0 atom stereocenters. The monoisotopic (exact) mass is 295 g/mol. The second-order valence-electron chi connectivity index (χ2n) is 4.22. The van der Waals surface area contributed by atoms with Gasteiger partial charge in [0.1, 0.15) is 23.0 Å². The lowest BCUT2D eigenvalue weighted by Crippen LogP contribution is -2.14. The van der Waals surface area contributed by atoms with Crippen LogP contribution in [-0.2, 0) is 6.54 Å². The number of nitrogens with zero attached hydrogens (tertiary/aromatic N) is 2. The van der Waals surface area contributed by atoms with Gasteiger partial charge in [-0.25, -0.2) is 18.7 Å². The highest BCUT2D eigenvalue weighted by Gasteiger charge is 2.13. The summed E-state index contributed by atoms with van der Waals surface area (Å²) in [7, 11) is 0. The van der Waals surface area contributed by atoms with Gasteiger partial charge >= 0.3 is 0 Å². The lowest BCUT2D eigenvalue weighted by molar-refractivity contribution is 0.534. The third-order valence-corrected chi connectivity index (χ3v) is 3.62. The van der Waals surface area contributed by atoms with E-state index in [1.54, 1.807) is 6.07 Å². The molecule has 0 saturated carbocycles. The molecule has 3 nitrogen and oxygen atoms in total. The summed E-state index contributed by atoms with van der Waals surface area (Å²) in [6.07, 6.45) is 3.86. The summed E-state index contributed by atoms with van der Waals surface area (Å²) in [6.45, 7) is 3.32. The molecule has 0 radical (unpaired) electrons. The molecular formula is C14H15F2N3S. The van der Waals surface area contributed by atoms with Gasteiger partial charge in [-0.05, 0) is 36.7 Å². The molecule has 0 amide bonds. The van der Waals surface area contributed by atoms with Gasteiger partial charge in [-0.1, -0.05) is 18.7 Å². The van der Waals surface area contributed by atoms with Crippen molar-refractivity contribution >= 4 is 11.8 Å². The number of rotatable bonds is 6. The average molecular weight is 295 g/mol. The summed E-state index contributed by atoms with van der Waals surface area (Å²) < 4.78 is 27.9. The minimum atomic E-state index is -0.568. The molecule has 0 bridgehead atoms. The lowest BCUT2D eigenvalue weighted by Gasteiger charge is -2.08. The minimum Gasteiger partial charge on any atom is -0.313 e. The van der Waals surface area contributed by atoms with E-state index in [4.69, 9.17) is 0 Å². The van der Waals surface area contributed by atoms with Crippen molar-refractivity contribution in [2.75, 3.05) is 6.54 Å². The van der Waals surface area contributed by atoms with Crippen LogP contribution in [0.5, 0.6) is 0 Å². The van der Waals surface area contributed by atoms with E-state index < -0.39 is 11.6 Å². The van der Waals surface area contributed by atoms with Gasteiger partial charge in [0.05, 0.1) is 4.90 Å². The van der Waals surface area contributed by atoms with Gasteiger partial charge in [0.15, 0.2) is 0 Å². The maximum absolute atomic E-state index is 14.0. The molecule has 1 aromatic carbocycles. The van der Waals surface area contributed by atoms with Crippen molar-refractivity contribution in [3.05, 3.63) is 47.9 Å². The van der Waals surface area contributed by atoms with Gasteiger partial charge in [-0.3, -0.25) is 0 Å². The van der Waals surface area contributed by atoms with E-state index in [0.29, 0.717) is 17.1 Å². The van der Waals surface area contributed by atoms with Gasteiger partial charge in [0.2, 0.25) is 0 Å². The number of hydrogen-bond acceptors (Lipinski definition) is 4. The van der Waals surface area contributed by atoms with Crippen molar-refractivity contribution in [2.24, 2.45) is 0 Å². The molecule has 0 aliphatic rings. The summed E-state index contributed by atoms with van der Waals surface area (Å²) >= 11 is 0.956. The quantitative estimate of drug-likeness (QED) is 0.654. The fraction of sp³-hybridized carbons (Fsp3) is 0.286. The van der Waals surface area contributed by atoms with Crippen molar-refractivity contribution < 1.29 is 8.78 Å². The van der Waals surface area contributed by atoms with Crippen LogP contribution in [0.25, 0.3) is 0 Å². The zero-order chi connectivity index (χ0) is 14.4. The van der Waals surface area contributed by atoms with E-state index in [1.165, 1.54) is 24.7 Å². The third kappa shape index (κ3) is 3.98. The topological polar surface area (TPSA) is 37.8 Å². The fourth-order valence-corrected chi connectivity index (χ4v) is 2.42. The van der Waals surface area contributed by atoms with Crippen LogP contribution >= 0.6 is 11.8 Å². The zero-order valence-corrected chi connectivity index (χ0v) is 11.9. The average Bonchev–Trinajstić information content (AvgIpc) is 2.44. The molecule has 2 aromatic rings. The van der Waals surface area contributed by atoms with Gasteiger partial charge in [0, 0.05) is 12.7 Å². The van der Waals surface area contributed by atoms with Crippen LogP contribution in [0.3, 0.4) is 0 Å². The molecule has 106 valence electrons. The van der Waals surface area contributed by atoms with Crippen LogP contribution < -0.4 is 5.32 Å². The molecule has 0 aliphatic carbocycles. The van der Waals surface area contributed by atoms with Crippen LogP contribution in [0.2, 0.25) is 0 Å². The molecule has 0 aliphatic heterocycles. The van der Waals surface area contributed by atoms with Crippen molar-refractivity contribution in [3.63, 3.8) is 0 Å². The van der Waals surface area contributed by atoms with E-state index >= 15 is 0 Å². The molecule has 1 N–H and O–H groups in total. The molecule has 0 saturated heterocycles. The molecule has 1 aromatic heterocycles. The number of hydrogen-bond donors (Lipinski definition) is 1. The maximum atomic E-state index is 14.0. The largest absolute Gasteiger partial charge is 0.313 e. The van der Waals surface area contributed by atoms with Crippen LogP contribution in [0.1, 0.15) is 18.9 Å². The molecular weight excluding hydrogens is 280 g/mol. The number of aromatic nitrogens is 2. The number of halogens is 2. The van der Waals surface area contributed by atoms with Crippen molar-refractivity contribution in [1.82, 2.24) is 15.3 Å². The Balaban J connectivity index is 2.14. The first-order valence-corrected chi connectivity index (χ1v) is 7.15. The Morgan fingerprint density at radius 1 is 1.25 bits per heavy atom. The molecule has 0 unspecified atom stereocenters. The predicted molar refractivity (Wildman–Crippen MR) is 74.5 cm³/mol. The molecule has 6 heteroatoms.